The van der Waals surface area contributed by atoms with Crippen LogP contribution in [0.15, 0.2) is 17.0 Å². The topological polar surface area (TPSA) is 69.7 Å². The second-order valence-electron chi connectivity index (χ2n) is 3.02. The van der Waals surface area contributed by atoms with Crippen molar-refractivity contribution < 1.29 is 22.7 Å². The Balaban J connectivity index is 3.21. The SMILES string of the molecule is COC(=O)COc1c(Cl)cc(Cl)cc1S(=O)(=O)Cl. The fourth-order valence-electron chi connectivity index (χ4n) is 1.05. The van der Waals surface area contributed by atoms with Gasteiger partial charge in [-0.3, -0.25) is 0 Å². The van der Waals surface area contributed by atoms with Gasteiger partial charge in [0.25, 0.3) is 9.05 Å². The van der Waals surface area contributed by atoms with Gasteiger partial charge in [0, 0.05) is 15.7 Å². The summed E-state index contributed by atoms with van der Waals surface area (Å²) in [6, 6.07) is 2.34. The van der Waals surface area contributed by atoms with Gasteiger partial charge < -0.3 is 9.47 Å². The highest BCUT2D eigenvalue weighted by atomic mass is 35.7. The highest BCUT2D eigenvalue weighted by Gasteiger charge is 2.21. The minimum absolute atomic E-state index is 0.0737. The Morgan fingerprint density at radius 2 is 1.94 bits per heavy atom. The first kappa shape index (κ1) is 15.4. The van der Waals surface area contributed by atoms with E-state index in [2.05, 4.69) is 4.74 Å². The van der Waals surface area contributed by atoms with Crippen molar-refractivity contribution in [1.29, 1.82) is 0 Å². The molecule has 1 aromatic carbocycles. The summed E-state index contributed by atoms with van der Waals surface area (Å²) in [6.45, 7) is -0.503. The van der Waals surface area contributed by atoms with E-state index in [1.165, 1.54) is 6.07 Å². The van der Waals surface area contributed by atoms with Crippen molar-refractivity contribution in [3.63, 3.8) is 0 Å². The normalized spacial score (nSPS) is 11.1. The van der Waals surface area contributed by atoms with Crippen molar-refractivity contribution in [3.8, 4) is 5.75 Å². The third kappa shape index (κ3) is 3.91. The molecular weight excluding hydrogens is 327 g/mol. The zero-order valence-electron chi connectivity index (χ0n) is 8.95. The largest absolute Gasteiger partial charge is 0.479 e. The zero-order valence-corrected chi connectivity index (χ0v) is 12.0. The number of esters is 1. The molecule has 0 aliphatic heterocycles. The van der Waals surface area contributed by atoms with Crippen LogP contribution in [0.2, 0.25) is 10.0 Å². The van der Waals surface area contributed by atoms with Crippen LogP contribution in [0.4, 0.5) is 0 Å². The molecule has 0 saturated carbocycles. The predicted molar refractivity (Wildman–Crippen MR) is 67.0 cm³/mol. The summed E-state index contributed by atoms with van der Waals surface area (Å²) in [5.74, 6) is -0.944. The number of carbonyl (C=O) groups is 1. The van der Waals surface area contributed by atoms with Crippen LogP contribution in [0.1, 0.15) is 0 Å². The first-order chi connectivity index (χ1) is 8.25. The summed E-state index contributed by atoms with van der Waals surface area (Å²) in [5, 5.41) is -0.00438. The summed E-state index contributed by atoms with van der Waals surface area (Å²) in [6.07, 6.45) is 0. The van der Waals surface area contributed by atoms with Gasteiger partial charge in [0.05, 0.1) is 12.1 Å². The fraction of sp³-hybridized carbons (Fsp3) is 0.222. The maximum atomic E-state index is 11.3. The van der Waals surface area contributed by atoms with Crippen molar-refractivity contribution in [2.24, 2.45) is 0 Å². The van der Waals surface area contributed by atoms with Gasteiger partial charge in [-0.2, -0.15) is 0 Å². The lowest BCUT2D eigenvalue weighted by Gasteiger charge is -2.10. The smallest absolute Gasteiger partial charge is 0.343 e. The Morgan fingerprint density at radius 3 is 2.44 bits per heavy atom. The standard InChI is InChI=1S/C9H7Cl3O5S/c1-16-8(13)4-17-9-6(11)2-5(10)3-7(9)18(12,14)15/h2-3H,4H2,1H3. The third-order valence-corrected chi connectivity index (χ3v) is 3.63. The Morgan fingerprint density at radius 1 is 1.33 bits per heavy atom. The number of hydrogen-bond acceptors (Lipinski definition) is 5. The van der Waals surface area contributed by atoms with Gasteiger partial charge in [-0.15, -0.1) is 0 Å². The maximum Gasteiger partial charge on any atom is 0.343 e. The van der Waals surface area contributed by atoms with Crippen molar-refractivity contribution >= 4 is 48.9 Å². The quantitative estimate of drug-likeness (QED) is 0.625. The molecule has 0 heterocycles. The van der Waals surface area contributed by atoms with Gasteiger partial charge in [0.2, 0.25) is 0 Å². The molecule has 0 N–H and O–H groups in total. The number of hydrogen-bond donors (Lipinski definition) is 0. The van der Waals surface area contributed by atoms with E-state index in [1.807, 2.05) is 0 Å². The van der Waals surface area contributed by atoms with E-state index in [0.717, 1.165) is 13.2 Å². The van der Waals surface area contributed by atoms with Crippen molar-refractivity contribution in [2.45, 2.75) is 4.90 Å². The van der Waals surface area contributed by atoms with Gasteiger partial charge in [0.1, 0.15) is 4.90 Å². The summed E-state index contributed by atoms with van der Waals surface area (Å²) in [5.41, 5.74) is 0. The molecule has 0 aliphatic rings. The summed E-state index contributed by atoms with van der Waals surface area (Å²) in [7, 11) is 2.27. The molecule has 0 bridgehead atoms. The average molecular weight is 334 g/mol. The lowest BCUT2D eigenvalue weighted by molar-refractivity contribution is -0.142. The van der Waals surface area contributed by atoms with E-state index < -0.39 is 26.5 Å². The molecule has 100 valence electrons. The Labute approximate surface area is 118 Å². The number of methoxy groups -OCH3 is 1. The Hall–Kier alpha value is -0.690. The minimum atomic E-state index is -4.11. The maximum absolute atomic E-state index is 11.3. The lowest BCUT2D eigenvalue weighted by atomic mass is 10.3. The zero-order chi connectivity index (χ0) is 13.9. The van der Waals surface area contributed by atoms with Gasteiger partial charge >= 0.3 is 5.97 Å². The second-order valence-corrected chi connectivity index (χ2v) is 6.40. The first-order valence-electron chi connectivity index (χ1n) is 4.39. The average Bonchev–Trinajstić information content (AvgIpc) is 2.25. The van der Waals surface area contributed by atoms with Gasteiger partial charge in [0.15, 0.2) is 12.4 Å². The summed E-state index contributed by atoms with van der Waals surface area (Å²) < 4.78 is 32.0. The molecule has 1 rings (SSSR count). The van der Waals surface area contributed by atoms with E-state index in [9.17, 15) is 13.2 Å². The monoisotopic (exact) mass is 332 g/mol. The van der Waals surface area contributed by atoms with Crippen molar-refractivity contribution in [3.05, 3.63) is 22.2 Å². The summed E-state index contributed by atoms with van der Waals surface area (Å²) in [4.78, 5) is 10.5. The molecule has 0 unspecified atom stereocenters. The van der Waals surface area contributed by atoms with Crippen LogP contribution in [-0.2, 0) is 18.6 Å². The van der Waals surface area contributed by atoms with Crippen LogP contribution in [0.25, 0.3) is 0 Å². The molecule has 0 saturated heterocycles. The third-order valence-electron chi connectivity index (χ3n) is 1.80. The van der Waals surface area contributed by atoms with E-state index in [4.69, 9.17) is 38.6 Å². The summed E-state index contributed by atoms with van der Waals surface area (Å²) >= 11 is 11.4. The predicted octanol–water partition coefficient (Wildman–Crippen LogP) is 2.47. The number of carbonyl (C=O) groups excluding carboxylic acids is 1. The molecule has 0 fully saturated rings. The van der Waals surface area contributed by atoms with Crippen molar-refractivity contribution in [1.82, 2.24) is 0 Å². The molecule has 5 nitrogen and oxygen atoms in total. The highest BCUT2D eigenvalue weighted by molar-refractivity contribution is 8.13. The number of ether oxygens (including phenoxy) is 2. The minimum Gasteiger partial charge on any atom is -0.479 e. The van der Waals surface area contributed by atoms with Crippen LogP contribution in [0, 0.1) is 0 Å². The molecule has 0 atom stereocenters. The van der Waals surface area contributed by atoms with Crippen LogP contribution in [0.5, 0.6) is 5.75 Å². The molecular formula is C9H7Cl3O5S. The number of benzene rings is 1. The molecule has 0 spiro atoms. The van der Waals surface area contributed by atoms with Gasteiger partial charge in [-0.05, 0) is 12.1 Å². The molecule has 0 amide bonds. The van der Waals surface area contributed by atoms with Crippen molar-refractivity contribution in [2.75, 3.05) is 13.7 Å². The molecule has 18 heavy (non-hydrogen) atoms. The first-order valence-corrected chi connectivity index (χ1v) is 7.45. The molecule has 9 heteroatoms. The second kappa shape index (κ2) is 5.97. The molecule has 0 aromatic heterocycles. The van der Waals surface area contributed by atoms with Crippen LogP contribution < -0.4 is 4.74 Å². The number of halogens is 3. The van der Waals surface area contributed by atoms with Crippen LogP contribution >= 0.6 is 33.9 Å². The lowest BCUT2D eigenvalue weighted by Crippen LogP contribution is -2.14. The van der Waals surface area contributed by atoms with Gasteiger partial charge in [-0.1, -0.05) is 23.2 Å². The molecule has 1 aromatic rings. The fourth-order valence-corrected chi connectivity index (χ4v) is 2.72. The van der Waals surface area contributed by atoms with E-state index in [0.29, 0.717) is 0 Å². The van der Waals surface area contributed by atoms with E-state index in [1.54, 1.807) is 0 Å². The molecule has 0 radical (unpaired) electrons. The number of rotatable bonds is 4. The van der Waals surface area contributed by atoms with Crippen LogP contribution in [-0.4, -0.2) is 28.1 Å². The van der Waals surface area contributed by atoms with E-state index >= 15 is 0 Å². The molecule has 0 aliphatic carbocycles. The van der Waals surface area contributed by atoms with E-state index in [-0.39, 0.29) is 15.8 Å². The Kier molecular flexibility index (Phi) is 5.10. The highest BCUT2D eigenvalue weighted by Crippen LogP contribution is 2.36. The van der Waals surface area contributed by atoms with Gasteiger partial charge in [-0.25, -0.2) is 13.2 Å². The van der Waals surface area contributed by atoms with Crippen LogP contribution in [0.3, 0.4) is 0 Å². The Bertz CT molecular complexity index is 570.